The van der Waals surface area contributed by atoms with Gasteiger partial charge in [-0.1, -0.05) is 36.7 Å². The standard InChI is InChI=1S/C19H21ClN4O/c1-12-8-14(9-17(12)25)24-7-6-15-18(22-11-23-19(15)24)21-10-13-4-2-3-5-16(13)20/h2-7,11-12,14,17,25H,8-10H2,1H3,(H,21,22,23)/t12-,14+,17-/m0/s1. The van der Waals surface area contributed by atoms with E-state index >= 15 is 0 Å². The summed E-state index contributed by atoms with van der Waals surface area (Å²) in [6.07, 6.45) is 5.15. The van der Waals surface area contributed by atoms with Crippen LogP contribution in [-0.4, -0.2) is 25.7 Å². The first-order valence-corrected chi connectivity index (χ1v) is 8.98. The molecule has 4 rings (SSSR count). The van der Waals surface area contributed by atoms with Gasteiger partial charge in [-0.05, 0) is 36.5 Å². The lowest BCUT2D eigenvalue weighted by atomic mass is 10.1. The first-order chi connectivity index (χ1) is 12.1. The first-order valence-electron chi connectivity index (χ1n) is 8.60. The van der Waals surface area contributed by atoms with Crippen LogP contribution in [0.2, 0.25) is 5.02 Å². The molecule has 2 heterocycles. The van der Waals surface area contributed by atoms with Crippen molar-refractivity contribution in [2.45, 2.75) is 38.5 Å². The highest BCUT2D eigenvalue weighted by Crippen LogP contribution is 2.37. The van der Waals surface area contributed by atoms with Crippen molar-refractivity contribution in [1.82, 2.24) is 14.5 Å². The number of halogens is 1. The van der Waals surface area contributed by atoms with E-state index in [1.807, 2.05) is 30.3 Å². The molecular formula is C19H21ClN4O. The van der Waals surface area contributed by atoms with E-state index in [4.69, 9.17) is 11.6 Å². The Morgan fingerprint density at radius 2 is 2.08 bits per heavy atom. The van der Waals surface area contributed by atoms with Gasteiger partial charge in [-0.3, -0.25) is 0 Å². The lowest BCUT2D eigenvalue weighted by molar-refractivity contribution is 0.139. The third kappa shape index (κ3) is 3.10. The molecule has 130 valence electrons. The Morgan fingerprint density at radius 1 is 1.24 bits per heavy atom. The van der Waals surface area contributed by atoms with Gasteiger partial charge in [-0.15, -0.1) is 0 Å². The Morgan fingerprint density at radius 3 is 2.84 bits per heavy atom. The minimum absolute atomic E-state index is 0.234. The molecule has 1 aliphatic carbocycles. The lowest BCUT2D eigenvalue weighted by Gasteiger charge is -2.13. The van der Waals surface area contributed by atoms with Crippen molar-refractivity contribution in [3.63, 3.8) is 0 Å². The van der Waals surface area contributed by atoms with Gasteiger partial charge in [0.2, 0.25) is 0 Å². The van der Waals surface area contributed by atoms with Crippen molar-refractivity contribution in [3.8, 4) is 0 Å². The van der Waals surface area contributed by atoms with E-state index in [9.17, 15) is 5.11 Å². The monoisotopic (exact) mass is 356 g/mol. The number of aliphatic hydroxyl groups is 1. The molecule has 1 saturated carbocycles. The van der Waals surface area contributed by atoms with Crippen LogP contribution in [0.5, 0.6) is 0 Å². The number of benzene rings is 1. The maximum atomic E-state index is 10.1. The number of nitrogens with one attached hydrogen (secondary N) is 1. The van der Waals surface area contributed by atoms with Crippen molar-refractivity contribution < 1.29 is 5.11 Å². The number of nitrogens with zero attached hydrogens (tertiary/aromatic N) is 3. The smallest absolute Gasteiger partial charge is 0.145 e. The van der Waals surface area contributed by atoms with Gasteiger partial charge in [-0.25, -0.2) is 9.97 Å². The SMILES string of the molecule is C[C@H]1C[C@@H](n2ccc3c(NCc4ccccc4Cl)ncnc32)C[C@@H]1O. The summed E-state index contributed by atoms with van der Waals surface area (Å²) in [6.45, 7) is 2.71. The maximum Gasteiger partial charge on any atom is 0.145 e. The molecule has 5 nitrogen and oxygen atoms in total. The predicted molar refractivity (Wildman–Crippen MR) is 99.7 cm³/mol. The van der Waals surface area contributed by atoms with Crippen molar-refractivity contribution in [2.24, 2.45) is 5.92 Å². The van der Waals surface area contributed by atoms with Gasteiger partial charge < -0.3 is 15.0 Å². The molecule has 0 spiro atoms. The molecule has 1 fully saturated rings. The van der Waals surface area contributed by atoms with Crippen LogP contribution < -0.4 is 5.32 Å². The van der Waals surface area contributed by atoms with Gasteiger partial charge in [0.05, 0.1) is 11.5 Å². The fraction of sp³-hybridized carbons (Fsp3) is 0.368. The zero-order valence-electron chi connectivity index (χ0n) is 14.1. The molecule has 3 aromatic rings. The lowest BCUT2D eigenvalue weighted by Crippen LogP contribution is -2.09. The minimum atomic E-state index is -0.234. The Hall–Kier alpha value is -2.11. The first kappa shape index (κ1) is 16.4. The molecule has 0 aliphatic heterocycles. The summed E-state index contributed by atoms with van der Waals surface area (Å²) in [5.74, 6) is 1.12. The van der Waals surface area contributed by atoms with Crippen molar-refractivity contribution in [2.75, 3.05) is 5.32 Å². The minimum Gasteiger partial charge on any atom is -0.393 e. The zero-order valence-corrected chi connectivity index (χ0v) is 14.8. The van der Waals surface area contributed by atoms with E-state index in [1.165, 1.54) is 0 Å². The van der Waals surface area contributed by atoms with Crippen LogP contribution in [0.1, 0.15) is 31.4 Å². The van der Waals surface area contributed by atoms with E-state index in [0.717, 1.165) is 40.3 Å². The molecule has 3 atom stereocenters. The molecule has 0 radical (unpaired) electrons. The van der Waals surface area contributed by atoms with Crippen LogP contribution in [-0.2, 0) is 6.54 Å². The summed E-state index contributed by atoms with van der Waals surface area (Å²) in [6, 6.07) is 10.1. The van der Waals surface area contributed by atoms with E-state index < -0.39 is 0 Å². The summed E-state index contributed by atoms with van der Waals surface area (Å²) in [7, 11) is 0. The second-order valence-electron chi connectivity index (χ2n) is 6.80. The van der Waals surface area contributed by atoms with Gasteiger partial charge in [-0.2, -0.15) is 0 Å². The van der Waals surface area contributed by atoms with Crippen LogP contribution >= 0.6 is 11.6 Å². The summed E-state index contributed by atoms with van der Waals surface area (Å²) < 4.78 is 2.17. The third-order valence-electron chi connectivity index (χ3n) is 5.12. The van der Waals surface area contributed by atoms with Crippen LogP contribution in [0.15, 0.2) is 42.9 Å². The highest BCUT2D eigenvalue weighted by molar-refractivity contribution is 6.31. The maximum absolute atomic E-state index is 10.1. The van der Waals surface area contributed by atoms with Crippen LogP contribution in [0.4, 0.5) is 5.82 Å². The van der Waals surface area contributed by atoms with E-state index in [2.05, 4.69) is 33.0 Å². The van der Waals surface area contributed by atoms with Gasteiger partial charge in [0.25, 0.3) is 0 Å². The molecule has 0 bridgehead atoms. The van der Waals surface area contributed by atoms with Crippen molar-refractivity contribution >= 4 is 28.5 Å². The van der Waals surface area contributed by atoms with E-state index in [1.54, 1.807) is 6.33 Å². The number of hydrogen-bond acceptors (Lipinski definition) is 4. The molecule has 2 aromatic heterocycles. The fourth-order valence-electron chi connectivity index (χ4n) is 3.65. The highest BCUT2D eigenvalue weighted by Gasteiger charge is 2.31. The van der Waals surface area contributed by atoms with Gasteiger partial charge >= 0.3 is 0 Å². The number of aromatic nitrogens is 3. The van der Waals surface area contributed by atoms with Crippen molar-refractivity contribution in [1.29, 1.82) is 0 Å². The van der Waals surface area contributed by atoms with Crippen LogP contribution in [0.3, 0.4) is 0 Å². The molecule has 1 aliphatic rings. The number of fused-ring (bicyclic) bond motifs is 1. The largest absolute Gasteiger partial charge is 0.393 e. The average Bonchev–Trinajstić information content (AvgIpc) is 3.18. The Bertz CT molecular complexity index is 884. The van der Waals surface area contributed by atoms with Crippen molar-refractivity contribution in [3.05, 3.63) is 53.4 Å². The molecule has 1 aromatic carbocycles. The Kier molecular flexibility index (Phi) is 4.36. The molecule has 6 heteroatoms. The second kappa shape index (κ2) is 6.65. The van der Waals surface area contributed by atoms with E-state index in [0.29, 0.717) is 12.5 Å². The molecule has 25 heavy (non-hydrogen) atoms. The zero-order chi connectivity index (χ0) is 17.4. The molecular weight excluding hydrogens is 336 g/mol. The molecule has 0 unspecified atom stereocenters. The number of hydrogen-bond donors (Lipinski definition) is 2. The van der Waals surface area contributed by atoms with Gasteiger partial charge in [0.1, 0.15) is 17.8 Å². The summed E-state index contributed by atoms with van der Waals surface area (Å²) in [5.41, 5.74) is 1.94. The second-order valence-corrected chi connectivity index (χ2v) is 7.20. The van der Waals surface area contributed by atoms with Crippen LogP contribution in [0.25, 0.3) is 11.0 Å². The van der Waals surface area contributed by atoms with Crippen LogP contribution in [0, 0.1) is 5.92 Å². The number of anilines is 1. The average molecular weight is 357 g/mol. The third-order valence-corrected chi connectivity index (χ3v) is 5.49. The normalized spacial score (nSPS) is 23.2. The quantitative estimate of drug-likeness (QED) is 0.740. The predicted octanol–water partition coefficient (Wildman–Crippen LogP) is 4.03. The number of aliphatic hydroxyl groups excluding tert-OH is 1. The Balaban J connectivity index is 1.60. The summed E-state index contributed by atoms with van der Waals surface area (Å²) >= 11 is 6.23. The highest BCUT2D eigenvalue weighted by atomic mass is 35.5. The topological polar surface area (TPSA) is 63.0 Å². The molecule has 0 saturated heterocycles. The fourth-order valence-corrected chi connectivity index (χ4v) is 3.85. The number of rotatable bonds is 4. The summed E-state index contributed by atoms with van der Waals surface area (Å²) in [4.78, 5) is 8.87. The summed E-state index contributed by atoms with van der Waals surface area (Å²) in [5, 5.41) is 15.2. The van der Waals surface area contributed by atoms with E-state index in [-0.39, 0.29) is 12.1 Å². The van der Waals surface area contributed by atoms with Gasteiger partial charge in [0, 0.05) is 23.8 Å². The van der Waals surface area contributed by atoms with Gasteiger partial charge in [0.15, 0.2) is 0 Å². The molecule has 2 N–H and O–H groups in total. The molecule has 0 amide bonds. The Labute approximate surface area is 151 Å².